The average molecular weight is 449 g/mol. The third-order valence-corrected chi connectivity index (χ3v) is 6.31. The smallest absolute Gasteiger partial charge is 0.338 e. The lowest BCUT2D eigenvalue weighted by atomic mass is 9.96. The van der Waals surface area contributed by atoms with E-state index in [1.54, 1.807) is 24.5 Å². The topological polar surface area (TPSA) is 79.1 Å². The first-order valence-corrected chi connectivity index (χ1v) is 11.0. The zero-order valence-corrected chi connectivity index (χ0v) is 18.3. The van der Waals surface area contributed by atoms with Gasteiger partial charge in [0.05, 0.1) is 28.5 Å². The van der Waals surface area contributed by atoms with Crippen molar-refractivity contribution in [3.63, 3.8) is 0 Å². The van der Waals surface area contributed by atoms with Crippen LogP contribution in [-0.4, -0.2) is 23.9 Å². The standard InChI is InChI=1S/C24H20N2O5S/c1-3-29-23(28)20-14(2)25-24-26(21(20)16-7-5-4-6-8-16)22(27)19(32-24)12-15-9-10-17-18(11-15)31-13-30-17/h4-12,21H,3,13H2,1-2H3. The molecule has 1 unspecified atom stereocenters. The monoisotopic (exact) mass is 448 g/mol. The Hall–Kier alpha value is -3.65. The molecule has 0 saturated carbocycles. The van der Waals surface area contributed by atoms with Crippen molar-refractivity contribution in [3.05, 3.63) is 90.6 Å². The SMILES string of the molecule is CCOC(=O)C1=C(C)N=c2sc(=Cc3ccc4c(c3)OCO4)c(=O)n2C1c1ccccc1. The second-order valence-electron chi connectivity index (χ2n) is 7.33. The van der Waals surface area contributed by atoms with Crippen molar-refractivity contribution in [3.8, 4) is 11.5 Å². The van der Waals surface area contributed by atoms with Crippen molar-refractivity contribution < 1.29 is 19.0 Å². The fourth-order valence-electron chi connectivity index (χ4n) is 3.90. The van der Waals surface area contributed by atoms with E-state index in [2.05, 4.69) is 4.99 Å². The Morgan fingerprint density at radius 3 is 2.78 bits per heavy atom. The molecule has 2 aromatic carbocycles. The van der Waals surface area contributed by atoms with Crippen molar-refractivity contribution in [1.82, 2.24) is 4.57 Å². The fourth-order valence-corrected chi connectivity index (χ4v) is 4.94. The number of hydrogen-bond acceptors (Lipinski definition) is 7. The summed E-state index contributed by atoms with van der Waals surface area (Å²) in [4.78, 5) is 31.5. The van der Waals surface area contributed by atoms with Crippen LogP contribution in [0.4, 0.5) is 0 Å². The number of carbonyl (C=O) groups excluding carboxylic acids is 1. The second kappa shape index (κ2) is 8.12. The number of nitrogens with zero attached hydrogens (tertiary/aromatic N) is 2. The van der Waals surface area contributed by atoms with Gasteiger partial charge in [-0.15, -0.1) is 0 Å². The Kier molecular flexibility index (Phi) is 5.14. The third-order valence-electron chi connectivity index (χ3n) is 5.33. The van der Waals surface area contributed by atoms with Crippen LogP contribution in [0.15, 0.2) is 69.6 Å². The molecule has 0 saturated heterocycles. The van der Waals surface area contributed by atoms with Gasteiger partial charge in [-0.05, 0) is 43.2 Å². The molecule has 162 valence electrons. The summed E-state index contributed by atoms with van der Waals surface area (Å²) < 4.78 is 18.2. The van der Waals surface area contributed by atoms with Gasteiger partial charge in [-0.1, -0.05) is 47.7 Å². The quantitative estimate of drug-likeness (QED) is 0.573. The molecule has 7 nitrogen and oxygen atoms in total. The molecule has 0 spiro atoms. The summed E-state index contributed by atoms with van der Waals surface area (Å²) in [6, 6.07) is 14.4. The van der Waals surface area contributed by atoms with Crippen molar-refractivity contribution >= 4 is 23.4 Å². The molecule has 2 aliphatic rings. The minimum absolute atomic E-state index is 0.188. The molecule has 0 radical (unpaired) electrons. The molecule has 0 fully saturated rings. The zero-order chi connectivity index (χ0) is 22.2. The number of fused-ring (bicyclic) bond motifs is 2. The molecule has 0 N–H and O–H groups in total. The molecule has 1 aromatic heterocycles. The normalized spacial score (nSPS) is 17.2. The Morgan fingerprint density at radius 2 is 2.00 bits per heavy atom. The molecule has 3 heterocycles. The maximum Gasteiger partial charge on any atom is 0.338 e. The van der Waals surface area contributed by atoms with Gasteiger partial charge < -0.3 is 14.2 Å². The number of hydrogen-bond donors (Lipinski definition) is 0. The van der Waals surface area contributed by atoms with Gasteiger partial charge in [-0.25, -0.2) is 9.79 Å². The summed E-state index contributed by atoms with van der Waals surface area (Å²) in [5.41, 5.74) is 2.35. The highest BCUT2D eigenvalue weighted by molar-refractivity contribution is 7.07. The molecule has 3 aromatic rings. The van der Waals surface area contributed by atoms with Crippen LogP contribution in [0, 0.1) is 0 Å². The van der Waals surface area contributed by atoms with E-state index in [-0.39, 0.29) is 19.0 Å². The minimum Gasteiger partial charge on any atom is -0.463 e. The van der Waals surface area contributed by atoms with Crippen LogP contribution in [0.3, 0.4) is 0 Å². The van der Waals surface area contributed by atoms with Gasteiger partial charge in [0.2, 0.25) is 6.79 Å². The van der Waals surface area contributed by atoms with Crippen LogP contribution < -0.4 is 24.4 Å². The Morgan fingerprint density at radius 1 is 1.22 bits per heavy atom. The van der Waals surface area contributed by atoms with Gasteiger partial charge in [0, 0.05) is 0 Å². The second-order valence-corrected chi connectivity index (χ2v) is 8.33. The highest BCUT2D eigenvalue weighted by Gasteiger charge is 2.33. The molecule has 32 heavy (non-hydrogen) atoms. The van der Waals surface area contributed by atoms with Crippen LogP contribution >= 0.6 is 11.3 Å². The van der Waals surface area contributed by atoms with Crippen LogP contribution in [0.5, 0.6) is 11.5 Å². The predicted molar refractivity (Wildman–Crippen MR) is 119 cm³/mol. The summed E-state index contributed by atoms with van der Waals surface area (Å²) >= 11 is 1.29. The van der Waals surface area contributed by atoms with Crippen LogP contribution in [-0.2, 0) is 9.53 Å². The van der Waals surface area contributed by atoms with Crippen LogP contribution in [0.25, 0.3) is 6.08 Å². The van der Waals surface area contributed by atoms with Gasteiger partial charge in [-0.2, -0.15) is 0 Å². The molecule has 8 heteroatoms. The van der Waals surface area contributed by atoms with Gasteiger partial charge >= 0.3 is 5.97 Å². The van der Waals surface area contributed by atoms with E-state index in [1.165, 1.54) is 11.3 Å². The first-order chi connectivity index (χ1) is 15.6. The third kappa shape index (κ3) is 3.42. The lowest BCUT2D eigenvalue weighted by Crippen LogP contribution is -2.39. The first kappa shape index (κ1) is 20.3. The molecule has 5 rings (SSSR count). The van der Waals surface area contributed by atoms with E-state index in [9.17, 15) is 9.59 Å². The van der Waals surface area contributed by atoms with E-state index in [4.69, 9.17) is 14.2 Å². The summed E-state index contributed by atoms with van der Waals surface area (Å²) in [6.45, 7) is 3.96. The summed E-state index contributed by atoms with van der Waals surface area (Å²) in [5, 5.41) is 0. The minimum atomic E-state index is -0.606. The van der Waals surface area contributed by atoms with Crippen molar-refractivity contribution in [2.45, 2.75) is 19.9 Å². The van der Waals surface area contributed by atoms with Gasteiger partial charge in [-0.3, -0.25) is 9.36 Å². The largest absolute Gasteiger partial charge is 0.463 e. The highest BCUT2D eigenvalue weighted by atomic mass is 32.1. The van der Waals surface area contributed by atoms with E-state index in [0.29, 0.717) is 32.1 Å². The highest BCUT2D eigenvalue weighted by Crippen LogP contribution is 2.33. The van der Waals surface area contributed by atoms with Crippen molar-refractivity contribution in [2.75, 3.05) is 13.4 Å². The number of aromatic nitrogens is 1. The number of allylic oxidation sites excluding steroid dienone is 1. The van der Waals surface area contributed by atoms with Crippen molar-refractivity contribution in [1.29, 1.82) is 0 Å². The molecular formula is C24H20N2O5S. The lowest BCUT2D eigenvalue weighted by Gasteiger charge is -2.24. The average Bonchev–Trinajstić information content (AvgIpc) is 3.37. The number of rotatable bonds is 4. The van der Waals surface area contributed by atoms with Gasteiger partial charge in [0.25, 0.3) is 5.56 Å². The summed E-state index contributed by atoms with van der Waals surface area (Å²) in [6.07, 6.45) is 1.80. The van der Waals surface area contributed by atoms with Gasteiger partial charge in [0.15, 0.2) is 16.3 Å². The fraction of sp³-hybridized carbons (Fsp3) is 0.208. The molecule has 1 atom stereocenters. The number of esters is 1. The number of ether oxygens (including phenoxy) is 3. The maximum absolute atomic E-state index is 13.5. The van der Waals surface area contributed by atoms with Crippen LogP contribution in [0.2, 0.25) is 0 Å². The van der Waals surface area contributed by atoms with Gasteiger partial charge in [0.1, 0.15) is 0 Å². The Balaban J connectivity index is 1.69. The van der Waals surface area contributed by atoms with E-state index in [0.717, 1.165) is 11.1 Å². The lowest BCUT2D eigenvalue weighted by molar-refractivity contribution is -0.139. The summed E-state index contributed by atoms with van der Waals surface area (Å²) in [7, 11) is 0. The predicted octanol–water partition coefficient (Wildman–Crippen LogP) is 2.53. The number of thiazole rings is 1. The van der Waals surface area contributed by atoms with E-state index in [1.807, 2.05) is 48.5 Å². The van der Waals surface area contributed by atoms with E-state index < -0.39 is 12.0 Å². The number of carbonyl (C=O) groups is 1. The van der Waals surface area contributed by atoms with Crippen molar-refractivity contribution in [2.24, 2.45) is 4.99 Å². The molecule has 0 aliphatic carbocycles. The Bertz CT molecular complexity index is 1420. The first-order valence-electron chi connectivity index (χ1n) is 10.2. The van der Waals surface area contributed by atoms with E-state index >= 15 is 0 Å². The Labute approximate surface area is 187 Å². The van der Waals surface area contributed by atoms with Crippen LogP contribution in [0.1, 0.15) is 31.0 Å². The summed E-state index contributed by atoms with van der Waals surface area (Å²) in [5.74, 6) is 0.865. The molecule has 0 bridgehead atoms. The molecule has 2 aliphatic heterocycles. The zero-order valence-electron chi connectivity index (χ0n) is 17.5. The molecule has 0 amide bonds. The molecular weight excluding hydrogens is 428 g/mol. The maximum atomic E-state index is 13.5. The number of benzene rings is 2.